The normalized spacial score (nSPS) is 10.8. The number of phenolic OH excluding ortho intramolecular Hbond substituents is 1. The van der Waals surface area contributed by atoms with Gasteiger partial charge in [-0.2, -0.15) is 0 Å². The number of carbonyl (C=O) groups is 1. The van der Waals surface area contributed by atoms with Gasteiger partial charge in [-0.05, 0) is 30.7 Å². The molecule has 2 rings (SSSR count). The van der Waals surface area contributed by atoms with Crippen LogP contribution in [0.4, 0.5) is 0 Å². The molecule has 0 fully saturated rings. The molecule has 0 saturated heterocycles. The van der Waals surface area contributed by atoms with E-state index in [1.54, 1.807) is 25.1 Å². The third-order valence-corrected chi connectivity index (χ3v) is 2.72. The number of pyridine rings is 1. The zero-order chi connectivity index (χ0) is 14.7. The van der Waals surface area contributed by atoms with Crippen molar-refractivity contribution in [3.05, 3.63) is 63.1 Å². The number of hydrogen-bond acceptors (Lipinski definition) is 3. The van der Waals surface area contributed by atoms with Crippen LogP contribution < -0.4 is 5.43 Å². The molecule has 0 radical (unpaired) electrons. The topological polar surface area (TPSA) is 90.4 Å². The zero-order valence-electron chi connectivity index (χ0n) is 10.8. The van der Waals surface area contributed by atoms with Gasteiger partial charge in [-0.3, -0.25) is 4.79 Å². The highest BCUT2D eigenvalue weighted by Gasteiger charge is 2.13. The van der Waals surface area contributed by atoms with Crippen molar-refractivity contribution in [1.29, 1.82) is 0 Å². The molecule has 1 aromatic heterocycles. The van der Waals surface area contributed by atoms with Crippen molar-refractivity contribution >= 4 is 18.1 Å². The van der Waals surface area contributed by atoms with E-state index in [2.05, 4.69) is 4.98 Å². The molecule has 0 saturated carbocycles. The Morgan fingerprint density at radius 2 is 2.00 bits per heavy atom. The van der Waals surface area contributed by atoms with Crippen LogP contribution in [0.5, 0.6) is 5.75 Å². The summed E-state index contributed by atoms with van der Waals surface area (Å²) in [5.41, 5.74) is 0.668. The minimum Gasteiger partial charge on any atom is -0.508 e. The molecule has 0 aliphatic carbocycles. The molecule has 0 amide bonds. The maximum Gasteiger partial charge on any atom is 0.341 e. The van der Waals surface area contributed by atoms with Gasteiger partial charge in [0.25, 0.3) is 0 Å². The molecule has 0 aliphatic rings. The predicted octanol–water partition coefficient (Wildman–Crippen LogP) is 2.26. The van der Waals surface area contributed by atoms with Crippen LogP contribution in [-0.4, -0.2) is 21.2 Å². The molecule has 1 aromatic carbocycles. The first kappa shape index (κ1) is 13.6. The van der Waals surface area contributed by atoms with Gasteiger partial charge in [-0.15, -0.1) is 0 Å². The van der Waals surface area contributed by atoms with E-state index in [1.165, 1.54) is 24.3 Å². The van der Waals surface area contributed by atoms with Crippen molar-refractivity contribution in [2.75, 3.05) is 0 Å². The zero-order valence-corrected chi connectivity index (χ0v) is 10.8. The number of H-pyrrole nitrogens is 1. The number of aromatic hydroxyl groups is 1. The maximum atomic E-state index is 11.7. The molecule has 0 aliphatic heterocycles. The Morgan fingerprint density at radius 1 is 1.25 bits per heavy atom. The van der Waals surface area contributed by atoms with Gasteiger partial charge < -0.3 is 15.2 Å². The number of phenols is 1. The van der Waals surface area contributed by atoms with Gasteiger partial charge in [0, 0.05) is 11.8 Å². The first-order valence-electron chi connectivity index (χ1n) is 5.91. The van der Waals surface area contributed by atoms with Crippen molar-refractivity contribution in [3.63, 3.8) is 0 Å². The van der Waals surface area contributed by atoms with Crippen LogP contribution in [-0.2, 0) is 0 Å². The fourth-order valence-corrected chi connectivity index (χ4v) is 1.87. The summed E-state index contributed by atoms with van der Waals surface area (Å²) in [6.07, 6.45) is 3.13. The summed E-state index contributed by atoms with van der Waals surface area (Å²) < 4.78 is 0. The summed E-state index contributed by atoms with van der Waals surface area (Å²) in [6.45, 7) is 1.68. The van der Waals surface area contributed by atoms with Crippen LogP contribution in [0.15, 0.2) is 35.1 Å². The van der Waals surface area contributed by atoms with Crippen LogP contribution in [0.1, 0.15) is 27.3 Å². The molecule has 20 heavy (non-hydrogen) atoms. The molecular formula is C15H13NO4. The number of rotatable bonds is 3. The van der Waals surface area contributed by atoms with Gasteiger partial charge >= 0.3 is 5.97 Å². The number of aromatic amines is 1. The second-order valence-electron chi connectivity index (χ2n) is 4.34. The molecule has 3 N–H and O–H groups in total. The minimum atomic E-state index is -1.28. The quantitative estimate of drug-likeness (QED) is 0.798. The fourth-order valence-electron chi connectivity index (χ4n) is 1.87. The smallest absolute Gasteiger partial charge is 0.341 e. The van der Waals surface area contributed by atoms with E-state index < -0.39 is 11.4 Å². The van der Waals surface area contributed by atoms with E-state index in [0.717, 1.165) is 0 Å². The number of nitrogens with one attached hydrogen (secondary N) is 1. The third-order valence-electron chi connectivity index (χ3n) is 2.72. The van der Waals surface area contributed by atoms with Crippen LogP contribution >= 0.6 is 0 Å². The molecule has 0 bridgehead atoms. The van der Waals surface area contributed by atoms with Gasteiger partial charge in [-0.25, -0.2) is 4.79 Å². The fraction of sp³-hybridized carbons (Fsp3) is 0.0667. The second kappa shape index (κ2) is 5.44. The predicted molar refractivity (Wildman–Crippen MR) is 75.8 cm³/mol. The molecule has 0 unspecified atom stereocenters. The number of benzene rings is 1. The van der Waals surface area contributed by atoms with E-state index in [9.17, 15) is 14.7 Å². The Labute approximate surface area is 114 Å². The van der Waals surface area contributed by atoms with Gasteiger partial charge in [0.15, 0.2) is 5.43 Å². The lowest BCUT2D eigenvalue weighted by molar-refractivity contribution is 0.0695. The highest BCUT2D eigenvalue weighted by molar-refractivity contribution is 5.92. The number of carboxylic acid groups (broad SMARTS) is 1. The van der Waals surface area contributed by atoms with Crippen LogP contribution in [0.3, 0.4) is 0 Å². The molecule has 5 nitrogen and oxygen atoms in total. The summed E-state index contributed by atoms with van der Waals surface area (Å²) in [5.74, 6) is -1.16. The van der Waals surface area contributed by atoms with Crippen LogP contribution in [0, 0.1) is 6.92 Å². The highest BCUT2D eigenvalue weighted by Crippen LogP contribution is 2.14. The summed E-state index contributed by atoms with van der Waals surface area (Å²) in [4.78, 5) is 25.7. The molecule has 102 valence electrons. The SMILES string of the molecule is Cc1cc(=O)c(C(=O)O)c(/C=C/c2cccc(O)c2)[nH]1. The van der Waals surface area contributed by atoms with E-state index in [4.69, 9.17) is 5.11 Å². The largest absolute Gasteiger partial charge is 0.508 e. The molecular weight excluding hydrogens is 258 g/mol. The molecule has 5 heteroatoms. The van der Waals surface area contributed by atoms with Crippen LogP contribution in [0.25, 0.3) is 12.2 Å². The van der Waals surface area contributed by atoms with Gasteiger partial charge in [0.2, 0.25) is 0 Å². The van der Waals surface area contributed by atoms with Crippen molar-refractivity contribution in [2.45, 2.75) is 6.92 Å². The summed E-state index contributed by atoms with van der Waals surface area (Å²) in [5, 5.41) is 18.4. The van der Waals surface area contributed by atoms with Gasteiger partial charge in [-0.1, -0.05) is 18.2 Å². The third kappa shape index (κ3) is 2.95. The summed E-state index contributed by atoms with van der Waals surface area (Å²) in [7, 11) is 0. The highest BCUT2D eigenvalue weighted by atomic mass is 16.4. The Hall–Kier alpha value is -2.82. The van der Waals surface area contributed by atoms with E-state index in [1.807, 2.05) is 0 Å². The summed E-state index contributed by atoms with van der Waals surface area (Å²) >= 11 is 0. The summed E-state index contributed by atoms with van der Waals surface area (Å²) in [6, 6.07) is 7.74. The monoisotopic (exact) mass is 271 g/mol. The average Bonchev–Trinajstić information content (AvgIpc) is 2.35. The Balaban J connectivity index is 2.48. The van der Waals surface area contributed by atoms with Gasteiger partial charge in [0.1, 0.15) is 11.3 Å². The minimum absolute atomic E-state index is 0.114. The first-order valence-corrected chi connectivity index (χ1v) is 5.91. The molecule has 0 spiro atoms. The Kier molecular flexibility index (Phi) is 3.70. The second-order valence-corrected chi connectivity index (χ2v) is 4.34. The standard InChI is InChI=1S/C15H13NO4/c1-9-7-13(18)14(15(19)20)12(16-9)6-5-10-3-2-4-11(17)8-10/h2-8,17H,1H3,(H,16,18)(H,19,20)/b6-5+. The van der Waals surface area contributed by atoms with Crippen molar-refractivity contribution in [2.24, 2.45) is 0 Å². The number of hydrogen-bond donors (Lipinski definition) is 3. The first-order chi connectivity index (χ1) is 9.47. The van der Waals surface area contributed by atoms with Crippen LogP contribution in [0.2, 0.25) is 0 Å². The lowest BCUT2D eigenvalue weighted by Crippen LogP contribution is -2.17. The average molecular weight is 271 g/mol. The Morgan fingerprint density at radius 3 is 2.65 bits per heavy atom. The van der Waals surface area contributed by atoms with Crippen molar-refractivity contribution < 1.29 is 15.0 Å². The number of aromatic nitrogens is 1. The van der Waals surface area contributed by atoms with E-state index in [0.29, 0.717) is 11.3 Å². The lowest BCUT2D eigenvalue weighted by atomic mass is 10.1. The number of aryl methyl sites for hydroxylation is 1. The number of aromatic carboxylic acids is 1. The Bertz CT molecular complexity index is 744. The molecule has 1 heterocycles. The maximum absolute atomic E-state index is 11.7. The van der Waals surface area contributed by atoms with Gasteiger partial charge in [0.05, 0.1) is 5.69 Å². The molecule has 2 aromatic rings. The van der Waals surface area contributed by atoms with Crippen molar-refractivity contribution in [3.8, 4) is 5.75 Å². The van der Waals surface area contributed by atoms with E-state index in [-0.39, 0.29) is 17.0 Å². The van der Waals surface area contributed by atoms with E-state index >= 15 is 0 Å². The number of carboxylic acids is 1. The van der Waals surface area contributed by atoms with Crippen molar-refractivity contribution in [1.82, 2.24) is 4.98 Å². The lowest BCUT2D eigenvalue weighted by Gasteiger charge is -2.03. The molecule has 0 atom stereocenters.